The molecule has 5 heteroatoms. The zero-order chi connectivity index (χ0) is 17.5. The minimum Gasteiger partial charge on any atom is -0.423 e. The van der Waals surface area contributed by atoms with E-state index in [4.69, 9.17) is 16.3 Å². The highest BCUT2D eigenvalue weighted by Gasteiger charge is 2.08. The molecule has 126 valence electrons. The first-order chi connectivity index (χ1) is 12.2. The monoisotopic (exact) mass is 352 g/mol. The number of hydrazine groups is 1. The summed E-state index contributed by atoms with van der Waals surface area (Å²) in [4.78, 5) is 12.1. The van der Waals surface area contributed by atoms with Gasteiger partial charge in [-0.05, 0) is 54.1 Å². The number of carbonyl (C=O) groups is 1. The van der Waals surface area contributed by atoms with Gasteiger partial charge in [-0.15, -0.1) is 0 Å². The van der Waals surface area contributed by atoms with Crippen LogP contribution in [0.4, 0.5) is 5.69 Å². The van der Waals surface area contributed by atoms with Gasteiger partial charge in [-0.2, -0.15) is 0 Å². The van der Waals surface area contributed by atoms with E-state index < -0.39 is 5.97 Å². The molecule has 0 fully saturated rings. The molecule has 0 amide bonds. The van der Waals surface area contributed by atoms with Gasteiger partial charge in [0.1, 0.15) is 5.75 Å². The lowest BCUT2D eigenvalue weighted by Crippen LogP contribution is -2.20. The van der Waals surface area contributed by atoms with Gasteiger partial charge in [0.25, 0.3) is 0 Å². The van der Waals surface area contributed by atoms with Crippen LogP contribution in [0.2, 0.25) is 5.02 Å². The Balaban J connectivity index is 1.57. The number of anilines is 1. The summed E-state index contributed by atoms with van der Waals surface area (Å²) in [6, 6.07) is 23.8. The zero-order valence-corrected chi connectivity index (χ0v) is 14.2. The average molecular weight is 353 g/mol. The fraction of sp³-hybridized carbons (Fsp3) is 0.0500. The first kappa shape index (κ1) is 17.0. The summed E-state index contributed by atoms with van der Waals surface area (Å²) in [5.41, 5.74) is 8.67. The number of hydrogen-bond acceptors (Lipinski definition) is 4. The Morgan fingerprint density at radius 2 is 1.68 bits per heavy atom. The van der Waals surface area contributed by atoms with Crippen molar-refractivity contribution in [2.24, 2.45) is 0 Å². The lowest BCUT2D eigenvalue weighted by atomic mass is 10.2. The fourth-order valence-corrected chi connectivity index (χ4v) is 2.37. The molecule has 0 saturated heterocycles. The Bertz CT molecular complexity index is 836. The number of ether oxygens (including phenoxy) is 1. The summed E-state index contributed by atoms with van der Waals surface area (Å²) >= 11 is 5.83. The second-order valence-electron chi connectivity index (χ2n) is 5.39. The van der Waals surface area contributed by atoms with Crippen molar-refractivity contribution in [2.45, 2.75) is 6.54 Å². The molecule has 0 saturated carbocycles. The van der Waals surface area contributed by atoms with Gasteiger partial charge in [-0.1, -0.05) is 41.9 Å². The molecule has 0 spiro atoms. The Morgan fingerprint density at radius 3 is 2.44 bits per heavy atom. The van der Waals surface area contributed by atoms with E-state index >= 15 is 0 Å². The Morgan fingerprint density at radius 1 is 0.920 bits per heavy atom. The molecule has 3 rings (SSSR count). The van der Waals surface area contributed by atoms with Gasteiger partial charge in [-0.25, -0.2) is 10.2 Å². The average Bonchev–Trinajstić information content (AvgIpc) is 2.63. The van der Waals surface area contributed by atoms with Crippen molar-refractivity contribution in [3.05, 3.63) is 95.0 Å². The number of rotatable bonds is 6. The Kier molecular flexibility index (Phi) is 5.67. The van der Waals surface area contributed by atoms with Crippen molar-refractivity contribution in [1.82, 2.24) is 5.43 Å². The van der Waals surface area contributed by atoms with Crippen LogP contribution in [0.3, 0.4) is 0 Å². The minimum absolute atomic E-state index is 0.413. The number of benzene rings is 3. The second kappa shape index (κ2) is 8.33. The molecule has 0 aliphatic carbocycles. The van der Waals surface area contributed by atoms with E-state index in [1.807, 2.05) is 48.5 Å². The molecule has 0 heterocycles. The molecule has 25 heavy (non-hydrogen) atoms. The molecule has 3 aromatic carbocycles. The summed E-state index contributed by atoms with van der Waals surface area (Å²) < 4.78 is 5.42. The standard InChI is InChI=1S/C20H17ClN2O2/c21-17-11-9-16(10-12-17)20(24)25-19-8-4-5-15(13-19)14-22-23-18-6-2-1-3-7-18/h1-13,22-23H,14H2. The van der Waals surface area contributed by atoms with Crippen LogP contribution in [0.1, 0.15) is 15.9 Å². The third-order valence-electron chi connectivity index (χ3n) is 3.49. The number of carbonyl (C=O) groups excluding carboxylic acids is 1. The van der Waals surface area contributed by atoms with Gasteiger partial charge >= 0.3 is 5.97 Å². The van der Waals surface area contributed by atoms with Gasteiger partial charge < -0.3 is 10.2 Å². The van der Waals surface area contributed by atoms with Crippen molar-refractivity contribution >= 4 is 23.3 Å². The first-order valence-corrected chi connectivity index (χ1v) is 8.19. The van der Waals surface area contributed by atoms with Crippen LogP contribution in [-0.4, -0.2) is 5.97 Å². The number of halogens is 1. The van der Waals surface area contributed by atoms with Gasteiger partial charge in [-0.3, -0.25) is 0 Å². The molecule has 4 nitrogen and oxygen atoms in total. The summed E-state index contributed by atoms with van der Waals surface area (Å²) in [5.74, 6) is 0.0862. The molecule has 0 aromatic heterocycles. The second-order valence-corrected chi connectivity index (χ2v) is 5.82. The number of hydrogen-bond donors (Lipinski definition) is 2. The number of nitrogens with one attached hydrogen (secondary N) is 2. The highest BCUT2D eigenvalue weighted by atomic mass is 35.5. The van der Waals surface area contributed by atoms with Crippen molar-refractivity contribution in [3.63, 3.8) is 0 Å². The zero-order valence-electron chi connectivity index (χ0n) is 13.4. The maximum Gasteiger partial charge on any atom is 0.343 e. The van der Waals surface area contributed by atoms with E-state index in [9.17, 15) is 4.79 Å². The lowest BCUT2D eigenvalue weighted by molar-refractivity contribution is 0.0734. The molecule has 0 atom stereocenters. The van der Waals surface area contributed by atoms with Gasteiger partial charge in [0, 0.05) is 17.3 Å². The van der Waals surface area contributed by atoms with Crippen LogP contribution in [0, 0.1) is 0 Å². The minimum atomic E-state index is -0.413. The van der Waals surface area contributed by atoms with Crippen molar-refractivity contribution in [1.29, 1.82) is 0 Å². The summed E-state index contributed by atoms with van der Waals surface area (Å²) in [6.07, 6.45) is 0. The largest absolute Gasteiger partial charge is 0.423 e. The SMILES string of the molecule is O=C(Oc1cccc(CNNc2ccccc2)c1)c1ccc(Cl)cc1. The van der Waals surface area contributed by atoms with Crippen molar-refractivity contribution in [3.8, 4) is 5.75 Å². The topological polar surface area (TPSA) is 50.4 Å². The van der Waals surface area contributed by atoms with Crippen LogP contribution in [-0.2, 0) is 6.54 Å². The van der Waals surface area contributed by atoms with Crippen molar-refractivity contribution in [2.75, 3.05) is 5.43 Å². The maximum absolute atomic E-state index is 12.1. The molecule has 0 unspecified atom stereocenters. The van der Waals surface area contributed by atoms with E-state index in [0.29, 0.717) is 22.9 Å². The van der Waals surface area contributed by atoms with Crippen LogP contribution < -0.4 is 15.6 Å². The van der Waals surface area contributed by atoms with E-state index in [1.165, 1.54) is 0 Å². The van der Waals surface area contributed by atoms with Gasteiger partial charge in [0.05, 0.1) is 5.56 Å². The molecule has 3 aromatic rings. The third kappa shape index (κ3) is 5.08. The maximum atomic E-state index is 12.1. The summed E-state index contributed by atoms with van der Waals surface area (Å²) in [7, 11) is 0. The quantitative estimate of drug-likeness (QED) is 0.384. The Labute approximate surface area is 151 Å². The number of para-hydroxylation sites is 1. The van der Waals surface area contributed by atoms with Crippen molar-refractivity contribution < 1.29 is 9.53 Å². The number of esters is 1. The molecule has 0 aliphatic rings. The van der Waals surface area contributed by atoms with E-state index in [-0.39, 0.29) is 0 Å². The fourth-order valence-electron chi connectivity index (χ4n) is 2.24. The van der Waals surface area contributed by atoms with Crippen LogP contribution in [0.5, 0.6) is 5.75 Å². The normalized spacial score (nSPS) is 10.3. The summed E-state index contributed by atoms with van der Waals surface area (Å²) in [6.45, 7) is 0.585. The predicted octanol–water partition coefficient (Wildman–Crippen LogP) is 4.68. The predicted molar refractivity (Wildman–Crippen MR) is 99.8 cm³/mol. The highest BCUT2D eigenvalue weighted by molar-refractivity contribution is 6.30. The molecule has 0 bridgehead atoms. The molecule has 2 N–H and O–H groups in total. The van der Waals surface area contributed by atoms with E-state index in [0.717, 1.165) is 11.3 Å². The summed E-state index contributed by atoms with van der Waals surface area (Å²) in [5, 5.41) is 0.579. The van der Waals surface area contributed by atoms with Gasteiger partial charge in [0.2, 0.25) is 0 Å². The lowest BCUT2D eigenvalue weighted by Gasteiger charge is -2.10. The third-order valence-corrected chi connectivity index (χ3v) is 3.74. The van der Waals surface area contributed by atoms with E-state index in [1.54, 1.807) is 30.3 Å². The molecular formula is C20H17ClN2O2. The smallest absolute Gasteiger partial charge is 0.343 e. The molecule has 0 aliphatic heterocycles. The van der Waals surface area contributed by atoms with Crippen LogP contribution in [0.15, 0.2) is 78.9 Å². The van der Waals surface area contributed by atoms with E-state index in [2.05, 4.69) is 10.9 Å². The molecule has 0 radical (unpaired) electrons. The van der Waals surface area contributed by atoms with Crippen LogP contribution in [0.25, 0.3) is 0 Å². The van der Waals surface area contributed by atoms with Gasteiger partial charge in [0.15, 0.2) is 0 Å². The van der Waals surface area contributed by atoms with Crippen LogP contribution >= 0.6 is 11.6 Å². The highest BCUT2D eigenvalue weighted by Crippen LogP contribution is 2.16. The Hall–Kier alpha value is -2.82. The molecular weight excluding hydrogens is 336 g/mol. The first-order valence-electron chi connectivity index (χ1n) is 7.81.